The molecule has 0 radical (unpaired) electrons. The maximum atomic E-state index is 13.3. The van der Waals surface area contributed by atoms with Crippen LogP contribution in [-0.2, 0) is 6.42 Å². The fourth-order valence-electron chi connectivity index (χ4n) is 2.88. The molecule has 2 aromatic heterocycles. The number of hydrogen-bond donors (Lipinski definition) is 2. The lowest BCUT2D eigenvalue weighted by Gasteiger charge is -2.07. The summed E-state index contributed by atoms with van der Waals surface area (Å²) in [5, 5.41) is 5.18. The van der Waals surface area contributed by atoms with Gasteiger partial charge in [0.25, 0.3) is 0 Å². The van der Waals surface area contributed by atoms with Crippen molar-refractivity contribution < 1.29 is 9.13 Å². The Hall–Kier alpha value is -2.51. The molecule has 0 atom stereocenters. The number of rotatable bonds is 9. The van der Waals surface area contributed by atoms with Gasteiger partial charge in [-0.1, -0.05) is 25.6 Å². The molecular formula is C20H23FN4OS. The van der Waals surface area contributed by atoms with E-state index in [2.05, 4.69) is 32.6 Å². The van der Waals surface area contributed by atoms with Gasteiger partial charge in [-0.25, -0.2) is 4.39 Å². The number of aromatic nitrogens is 3. The predicted octanol–water partition coefficient (Wildman–Crippen LogP) is 2.68. The van der Waals surface area contributed by atoms with Gasteiger partial charge < -0.3 is 15.0 Å². The molecule has 27 heavy (non-hydrogen) atoms. The molecule has 2 N–H and O–H groups in total. The van der Waals surface area contributed by atoms with E-state index in [9.17, 15) is 4.39 Å². The van der Waals surface area contributed by atoms with E-state index < -0.39 is 5.83 Å². The van der Waals surface area contributed by atoms with Crippen LogP contribution in [0.1, 0.15) is 18.9 Å². The minimum atomic E-state index is -0.436. The van der Waals surface area contributed by atoms with Gasteiger partial charge in [-0.2, -0.15) is 8.75 Å². The van der Waals surface area contributed by atoms with Crippen molar-refractivity contribution in [1.82, 2.24) is 19.0 Å². The molecule has 7 heteroatoms. The number of fused-ring (bicyclic) bond motifs is 1. The summed E-state index contributed by atoms with van der Waals surface area (Å²) < 4.78 is 27.6. The first-order chi connectivity index (χ1) is 13.2. The number of aromatic amines is 1. The lowest BCUT2D eigenvalue weighted by Crippen LogP contribution is -2.28. The van der Waals surface area contributed by atoms with Gasteiger partial charge >= 0.3 is 0 Å². The van der Waals surface area contributed by atoms with Crippen LogP contribution in [0.15, 0.2) is 36.8 Å². The summed E-state index contributed by atoms with van der Waals surface area (Å²) in [6.07, 6.45) is 7.14. The summed E-state index contributed by atoms with van der Waals surface area (Å²) in [6.45, 7) is 7.43. The Balaban J connectivity index is 1.50. The smallest absolute Gasteiger partial charge is 0.148 e. The van der Waals surface area contributed by atoms with Crippen molar-refractivity contribution in [2.45, 2.75) is 19.8 Å². The van der Waals surface area contributed by atoms with Crippen LogP contribution < -0.4 is 20.6 Å². The summed E-state index contributed by atoms with van der Waals surface area (Å²) >= 11 is 1.19. The third kappa shape index (κ3) is 5.02. The molecule has 2 heterocycles. The van der Waals surface area contributed by atoms with E-state index in [1.165, 1.54) is 17.8 Å². The summed E-state index contributed by atoms with van der Waals surface area (Å²) in [6, 6.07) is 5.74. The highest BCUT2D eigenvalue weighted by Gasteiger charge is 2.05. The second kappa shape index (κ2) is 9.43. The van der Waals surface area contributed by atoms with E-state index >= 15 is 0 Å². The Bertz CT molecular complexity index is 1020. The Labute approximate surface area is 161 Å². The van der Waals surface area contributed by atoms with Crippen molar-refractivity contribution in [3.8, 4) is 5.75 Å². The first-order valence-electron chi connectivity index (χ1n) is 8.96. The molecule has 0 aliphatic carbocycles. The predicted molar refractivity (Wildman–Crippen MR) is 109 cm³/mol. The molecule has 1 aromatic carbocycles. The molecule has 0 unspecified atom stereocenters. The Kier molecular flexibility index (Phi) is 6.73. The van der Waals surface area contributed by atoms with E-state index in [-0.39, 0.29) is 0 Å². The first-order valence-corrected chi connectivity index (χ1v) is 9.69. The molecule has 3 rings (SSSR count). The highest BCUT2D eigenvalue weighted by Crippen LogP contribution is 2.23. The number of benzene rings is 1. The van der Waals surface area contributed by atoms with Gasteiger partial charge in [0.15, 0.2) is 0 Å². The fraction of sp³-hybridized carbons (Fsp3) is 0.300. The highest BCUT2D eigenvalue weighted by atomic mass is 32.1. The SMILES string of the molecule is C=C(F)/C=c1/c(CCNCCOc2cccc3nsnc23)c[nH]/c1=C/CC. The molecule has 0 amide bonds. The zero-order chi connectivity index (χ0) is 19.1. The average Bonchev–Trinajstić information content (AvgIpc) is 3.26. The normalized spacial score (nSPS) is 12.8. The van der Waals surface area contributed by atoms with Crippen LogP contribution in [0.2, 0.25) is 0 Å². The van der Waals surface area contributed by atoms with Crippen LogP contribution in [0.5, 0.6) is 5.75 Å². The molecule has 0 aliphatic heterocycles. The largest absolute Gasteiger partial charge is 0.490 e. The minimum Gasteiger partial charge on any atom is -0.490 e. The standard InChI is InChI=1S/C20H23FN4OS/c1-3-5-17-16(12-14(2)21)15(13-23-17)8-9-22-10-11-26-19-7-4-6-18-20(19)25-27-24-18/h4-7,12-13,22-23H,2-3,8-11H2,1H3/b16-12-,17-5+. The third-order valence-electron chi connectivity index (χ3n) is 4.10. The van der Waals surface area contributed by atoms with Gasteiger partial charge in [-0.05, 0) is 43.2 Å². The van der Waals surface area contributed by atoms with Crippen molar-refractivity contribution in [1.29, 1.82) is 0 Å². The van der Waals surface area contributed by atoms with Crippen LogP contribution in [0, 0.1) is 0 Å². The van der Waals surface area contributed by atoms with Crippen LogP contribution in [0.4, 0.5) is 4.39 Å². The summed E-state index contributed by atoms with van der Waals surface area (Å²) in [4.78, 5) is 3.21. The molecular weight excluding hydrogens is 363 g/mol. The molecule has 142 valence electrons. The van der Waals surface area contributed by atoms with E-state index in [1.807, 2.05) is 30.5 Å². The number of ether oxygens (including phenoxy) is 1. The van der Waals surface area contributed by atoms with Gasteiger partial charge in [-0.15, -0.1) is 0 Å². The topological polar surface area (TPSA) is 62.8 Å². The number of halogens is 1. The Morgan fingerprint density at radius 1 is 1.37 bits per heavy atom. The quantitative estimate of drug-likeness (QED) is 0.555. The lowest BCUT2D eigenvalue weighted by molar-refractivity contribution is 0.317. The Morgan fingerprint density at radius 2 is 2.26 bits per heavy atom. The summed E-state index contributed by atoms with van der Waals surface area (Å²) in [7, 11) is 0. The van der Waals surface area contributed by atoms with E-state index in [4.69, 9.17) is 4.74 Å². The third-order valence-corrected chi connectivity index (χ3v) is 4.65. The van der Waals surface area contributed by atoms with Crippen LogP contribution in [0.3, 0.4) is 0 Å². The number of allylic oxidation sites excluding steroid dienone is 1. The maximum Gasteiger partial charge on any atom is 0.148 e. The molecule has 0 aliphatic rings. The van der Waals surface area contributed by atoms with Crippen LogP contribution >= 0.6 is 11.7 Å². The van der Waals surface area contributed by atoms with Crippen molar-refractivity contribution >= 4 is 34.9 Å². The molecule has 0 spiro atoms. The number of hydrogen-bond acceptors (Lipinski definition) is 5. The number of nitrogens with one attached hydrogen (secondary N) is 2. The van der Waals surface area contributed by atoms with Crippen LogP contribution in [-0.4, -0.2) is 33.4 Å². The number of nitrogens with zero attached hydrogens (tertiary/aromatic N) is 2. The second-order valence-corrected chi connectivity index (χ2v) is 6.61. The maximum absolute atomic E-state index is 13.3. The van der Waals surface area contributed by atoms with Crippen molar-refractivity contribution in [2.75, 3.05) is 19.7 Å². The molecule has 0 saturated heterocycles. The zero-order valence-corrected chi connectivity index (χ0v) is 16.1. The van der Waals surface area contributed by atoms with Gasteiger partial charge in [-0.3, -0.25) is 0 Å². The monoisotopic (exact) mass is 386 g/mol. The summed E-state index contributed by atoms with van der Waals surface area (Å²) in [5.41, 5.74) is 2.73. The highest BCUT2D eigenvalue weighted by molar-refractivity contribution is 7.00. The van der Waals surface area contributed by atoms with E-state index in [1.54, 1.807) is 0 Å². The lowest BCUT2D eigenvalue weighted by atomic mass is 10.1. The molecule has 5 nitrogen and oxygen atoms in total. The average molecular weight is 386 g/mol. The van der Waals surface area contributed by atoms with Gasteiger partial charge in [0.1, 0.15) is 29.2 Å². The zero-order valence-electron chi connectivity index (χ0n) is 15.3. The number of H-pyrrole nitrogens is 1. The fourth-order valence-corrected chi connectivity index (χ4v) is 3.42. The van der Waals surface area contributed by atoms with Crippen molar-refractivity contribution in [2.24, 2.45) is 0 Å². The van der Waals surface area contributed by atoms with E-state index in [0.29, 0.717) is 13.2 Å². The van der Waals surface area contributed by atoms with Gasteiger partial charge in [0, 0.05) is 23.3 Å². The molecule has 3 aromatic rings. The second-order valence-electron chi connectivity index (χ2n) is 6.08. The van der Waals surface area contributed by atoms with Gasteiger partial charge in [0.05, 0.1) is 11.7 Å². The van der Waals surface area contributed by atoms with Crippen molar-refractivity contribution in [3.63, 3.8) is 0 Å². The molecule has 0 saturated carbocycles. The van der Waals surface area contributed by atoms with Crippen molar-refractivity contribution in [3.05, 3.63) is 52.9 Å². The summed E-state index contributed by atoms with van der Waals surface area (Å²) in [5.74, 6) is 0.320. The van der Waals surface area contributed by atoms with Gasteiger partial charge in [0.2, 0.25) is 0 Å². The van der Waals surface area contributed by atoms with E-state index in [0.717, 1.165) is 52.3 Å². The molecule has 0 bridgehead atoms. The Morgan fingerprint density at radius 3 is 3.07 bits per heavy atom. The van der Waals surface area contributed by atoms with Crippen LogP contribution in [0.25, 0.3) is 23.2 Å². The molecule has 0 fully saturated rings. The first kappa shape index (κ1) is 19.3. The minimum absolute atomic E-state index is 0.436.